The van der Waals surface area contributed by atoms with Gasteiger partial charge in [0.05, 0.1) is 11.7 Å². The Balaban J connectivity index is 1.35. The number of tetrazole rings is 1. The number of carbonyl (C=O) groups is 1. The summed E-state index contributed by atoms with van der Waals surface area (Å²) in [7, 11) is 0. The number of halogens is 2. The van der Waals surface area contributed by atoms with Crippen molar-refractivity contribution in [2.75, 3.05) is 0 Å². The summed E-state index contributed by atoms with van der Waals surface area (Å²) in [5, 5.41) is 12.0. The lowest BCUT2D eigenvalue weighted by molar-refractivity contribution is 0.211. The van der Waals surface area contributed by atoms with Crippen LogP contribution in [0.5, 0.6) is 5.75 Å². The lowest BCUT2D eigenvalue weighted by Gasteiger charge is -2.15. The molecule has 0 fully saturated rings. The van der Waals surface area contributed by atoms with Crippen LogP contribution in [0.2, 0.25) is 5.02 Å². The van der Waals surface area contributed by atoms with Crippen LogP contribution in [0, 0.1) is 0 Å². The van der Waals surface area contributed by atoms with Crippen molar-refractivity contribution in [2.24, 2.45) is 5.73 Å². The molecule has 1 aliphatic heterocycles. The number of rotatable bonds is 5. The number of primary amides is 1. The van der Waals surface area contributed by atoms with Crippen molar-refractivity contribution in [3.8, 4) is 33.8 Å². The summed E-state index contributed by atoms with van der Waals surface area (Å²) in [6, 6.07) is 15.5. The second-order valence-corrected chi connectivity index (χ2v) is 9.87. The molecule has 0 saturated heterocycles. The highest BCUT2D eigenvalue weighted by molar-refractivity contribution is 9.10. The van der Waals surface area contributed by atoms with Gasteiger partial charge >= 0.3 is 6.09 Å². The monoisotopic (exact) mass is 592 g/mol. The molecular weight excluding hydrogens is 576 g/mol. The van der Waals surface area contributed by atoms with E-state index in [-0.39, 0.29) is 11.6 Å². The molecule has 5 aromatic rings. The first-order valence-corrected chi connectivity index (χ1v) is 12.7. The normalized spacial score (nSPS) is 14.4. The molecule has 0 radical (unpaired) electrons. The Labute approximate surface area is 228 Å². The molecule has 1 aliphatic rings. The molecule has 0 aliphatic carbocycles. The van der Waals surface area contributed by atoms with Crippen molar-refractivity contribution in [1.29, 1.82) is 0 Å². The van der Waals surface area contributed by atoms with E-state index in [1.165, 1.54) is 11.0 Å². The molecule has 1 amide bonds. The van der Waals surface area contributed by atoms with Crippen LogP contribution in [0.25, 0.3) is 28.1 Å². The highest BCUT2D eigenvalue weighted by atomic mass is 79.9. The standard InChI is InChI=1S/C25H18BrClN8O3/c26-23-22(13-1-5-17(6-2-13)38-25(28)37)30-24(31-23)20-8-4-16-9-14(10-21(36)35(16)20)18-11-15(27)3-7-19(18)34-12-29-32-33-34/h1-3,5-7,9-12,20H,4,8H2,(H2,28,37)(H,30,31)/t20-/m0/s1. The minimum absolute atomic E-state index is 0.148. The molecule has 0 unspecified atom stereocenters. The molecule has 6 rings (SSSR count). The fourth-order valence-corrected chi connectivity index (χ4v) is 5.43. The van der Waals surface area contributed by atoms with Gasteiger partial charge in [-0.15, -0.1) is 5.10 Å². The molecule has 13 heteroatoms. The summed E-state index contributed by atoms with van der Waals surface area (Å²) < 4.78 is 8.88. The smallest absolute Gasteiger partial charge is 0.409 e. The van der Waals surface area contributed by atoms with E-state index < -0.39 is 6.09 Å². The lowest BCUT2D eigenvalue weighted by atomic mass is 10.0. The number of nitrogens with two attached hydrogens (primary N) is 1. The Morgan fingerprint density at radius 3 is 2.68 bits per heavy atom. The Bertz CT molecular complexity index is 1730. The molecule has 0 bridgehead atoms. The number of pyridine rings is 1. The summed E-state index contributed by atoms with van der Waals surface area (Å²) in [6.45, 7) is 0. The van der Waals surface area contributed by atoms with Gasteiger partial charge in [-0.25, -0.2) is 9.78 Å². The van der Waals surface area contributed by atoms with E-state index in [0.29, 0.717) is 45.4 Å². The number of H-pyrrole nitrogens is 1. The van der Waals surface area contributed by atoms with Crippen molar-refractivity contribution in [3.63, 3.8) is 0 Å². The first-order valence-electron chi connectivity index (χ1n) is 11.5. The van der Waals surface area contributed by atoms with Gasteiger partial charge < -0.3 is 20.0 Å². The summed E-state index contributed by atoms with van der Waals surface area (Å²) in [4.78, 5) is 32.5. The molecule has 0 saturated carbocycles. The molecule has 38 heavy (non-hydrogen) atoms. The van der Waals surface area contributed by atoms with Crippen LogP contribution < -0.4 is 16.0 Å². The second-order valence-electron chi connectivity index (χ2n) is 8.64. The minimum Gasteiger partial charge on any atom is -0.411 e. The fraction of sp³-hybridized carbons (Fsp3) is 0.120. The van der Waals surface area contributed by atoms with Crippen LogP contribution >= 0.6 is 27.5 Å². The van der Waals surface area contributed by atoms with Crippen LogP contribution in [0.1, 0.15) is 24.0 Å². The number of amides is 1. The summed E-state index contributed by atoms with van der Waals surface area (Å²) >= 11 is 9.85. The Hall–Kier alpha value is -4.29. The molecule has 190 valence electrons. The van der Waals surface area contributed by atoms with Crippen molar-refractivity contribution >= 4 is 33.6 Å². The second kappa shape index (κ2) is 9.54. The van der Waals surface area contributed by atoms with E-state index in [1.807, 2.05) is 12.1 Å². The summed E-state index contributed by atoms with van der Waals surface area (Å²) in [6.07, 6.45) is 2.02. The number of aromatic amines is 1. The number of fused-ring (bicyclic) bond motifs is 1. The molecule has 3 N–H and O–H groups in total. The highest BCUT2D eigenvalue weighted by Crippen LogP contribution is 2.36. The lowest BCUT2D eigenvalue weighted by Crippen LogP contribution is -2.24. The number of hydrogen-bond acceptors (Lipinski definition) is 7. The molecule has 4 heterocycles. The molecule has 3 aromatic heterocycles. The number of nitrogens with zero attached hydrogens (tertiary/aromatic N) is 6. The molecule has 11 nitrogen and oxygen atoms in total. The Kier molecular flexibility index (Phi) is 6.04. The fourth-order valence-electron chi connectivity index (χ4n) is 4.74. The average Bonchev–Trinajstić information content (AvgIpc) is 3.64. The minimum atomic E-state index is -0.878. The van der Waals surface area contributed by atoms with Crippen LogP contribution in [-0.2, 0) is 6.42 Å². The van der Waals surface area contributed by atoms with Crippen molar-refractivity contribution < 1.29 is 9.53 Å². The zero-order chi connectivity index (χ0) is 26.4. The molecule has 0 spiro atoms. The predicted molar refractivity (Wildman–Crippen MR) is 142 cm³/mol. The van der Waals surface area contributed by atoms with Crippen molar-refractivity contribution in [2.45, 2.75) is 18.9 Å². The number of benzene rings is 2. The van der Waals surface area contributed by atoms with E-state index in [1.54, 1.807) is 47.0 Å². The maximum atomic E-state index is 13.4. The quantitative estimate of drug-likeness (QED) is 0.309. The van der Waals surface area contributed by atoms with Gasteiger partial charge in [0.25, 0.3) is 5.56 Å². The van der Waals surface area contributed by atoms with E-state index >= 15 is 0 Å². The SMILES string of the molecule is NC(=O)Oc1ccc(-c2nc([C@@H]3CCc4cc(-c5cc(Cl)ccc5-n5cnnn5)cc(=O)n43)[nH]c2Br)cc1. The first kappa shape index (κ1) is 24.1. The largest absolute Gasteiger partial charge is 0.411 e. The number of ether oxygens (including phenoxy) is 1. The van der Waals surface area contributed by atoms with Crippen molar-refractivity contribution in [1.82, 2.24) is 34.7 Å². The van der Waals surface area contributed by atoms with Crippen LogP contribution in [0.15, 0.2) is 70.3 Å². The topological polar surface area (TPSA) is 147 Å². The third-order valence-corrected chi connectivity index (χ3v) is 7.15. The van der Waals surface area contributed by atoms with Crippen LogP contribution in [0.4, 0.5) is 4.79 Å². The third kappa shape index (κ3) is 4.37. The van der Waals surface area contributed by atoms with Crippen LogP contribution in [-0.4, -0.2) is 40.8 Å². The maximum Gasteiger partial charge on any atom is 0.409 e. The number of imidazole rings is 1. The number of aryl methyl sites for hydroxylation is 1. The Morgan fingerprint density at radius 2 is 1.95 bits per heavy atom. The number of hydrogen-bond donors (Lipinski definition) is 2. The maximum absolute atomic E-state index is 13.4. The van der Waals surface area contributed by atoms with E-state index in [2.05, 4.69) is 36.4 Å². The third-order valence-electron chi connectivity index (χ3n) is 6.34. The van der Waals surface area contributed by atoms with Gasteiger partial charge in [0, 0.05) is 27.9 Å². The number of nitrogens with one attached hydrogen (secondary N) is 1. The highest BCUT2D eigenvalue weighted by Gasteiger charge is 2.29. The number of carbonyl (C=O) groups excluding carboxylic acids is 1. The van der Waals surface area contributed by atoms with Gasteiger partial charge in [0.15, 0.2) is 0 Å². The van der Waals surface area contributed by atoms with Gasteiger partial charge in [0.1, 0.15) is 28.2 Å². The van der Waals surface area contributed by atoms with Crippen LogP contribution in [0.3, 0.4) is 0 Å². The van der Waals surface area contributed by atoms with Gasteiger partial charge in [-0.3, -0.25) is 4.79 Å². The van der Waals surface area contributed by atoms with Gasteiger partial charge in [-0.05, 0) is 93.3 Å². The predicted octanol–water partition coefficient (Wildman–Crippen LogP) is 4.29. The molecular formula is C25H18BrClN8O3. The molecule has 2 aromatic carbocycles. The van der Waals surface area contributed by atoms with Gasteiger partial charge in [-0.2, -0.15) is 4.68 Å². The van der Waals surface area contributed by atoms with Gasteiger partial charge in [-0.1, -0.05) is 11.6 Å². The zero-order valence-corrected chi connectivity index (χ0v) is 21.8. The zero-order valence-electron chi connectivity index (χ0n) is 19.5. The van der Waals surface area contributed by atoms with E-state index in [4.69, 9.17) is 27.1 Å². The summed E-state index contributed by atoms with van der Waals surface area (Å²) in [5.74, 6) is 0.998. The average molecular weight is 594 g/mol. The summed E-state index contributed by atoms with van der Waals surface area (Å²) in [5.41, 5.74) is 9.48. The Morgan fingerprint density at radius 1 is 1.13 bits per heavy atom. The molecule has 1 atom stereocenters. The first-order chi connectivity index (χ1) is 18.4. The number of aromatic nitrogens is 7. The van der Waals surface area contributed by atoms with Crippen molar-refractivity contribution in [3.05, 3.63) is 92.4 Å². The van der Waals surface area contributed by atoms with Gasteiger partial charge in [0.2, 0.25) is 0 Å². The van der Waals surface area contributed by atoms with E-state index in [0.717, 1.165) is 22.4 Å². The van der Waals surface area contributed by atoms with E-state index in [9.17, 15) is 9.59 Å².